The fraction of sp³-hybridized carbons (Fsp3) is 0.364. The molecule has 1 unspecified atom stereocenters. The van der Waals surface area contributed by atoms with Crippen molar-refractivity contribution in [3.63, 3.8) is 0 Å². The van der Waals surface area contributed by atoms with Crippen LogP contribution >= 0.6 is 11.8 Å². The van der Waals surface area contributed by atoms with Crippen LogP contribution in [0.4, 0.5) is 11.4 Å². The lowest BCUT2D eigenvalue weighted by molar-refractivity contribution is -0.120. The van der Waals surface area contributed by atoms with E-state index in [1.54, 1.807) is 11.8 Å². The Hall–Kier alpha value is -2.67. The fourth-order valence-electron chi connectivity index (χ4n) is 3.62. The standard InChI is InChI=1S/C22H25N5OS/c1-14-15(2)25-21-20(24-14)11-18(12-23-21)27-10-4-5-16(13-27)22(28)26-17-6-8-19(29-3)9-7-17/h6-9,11-12,16H,4-5,10,13H2,1-3H3,(H,26,28). The van der Waals surface area contributed by atoms with Crippen LogP contribution in [0.3, 0.4) is 0 Å². The van der Waals surface area contributed by atoms with Gasteiger partial charge in [-0.25, -0.2) is 15.0 Å². The van der Waals surface area contributed by atoms with Crippen LogP contribution in [0.5, 0.6) is 0 Å². The summed E-state index contributed by atoms with van der Waals surface area (Å²) in [5.41, 5.74) is 5.12. The molecule has 0 spiro atoms. The highest BCUT2D eigenvalue weighted by Crippen LogP contribution is 2.26. The molecule has 1 aromatic carbocycles. The average molecular weight is 408 g/mol. The molecular weight excluding hydrogens is 382 g/mol. The molecule has 1 fully saturated rings. The Kier molecular flexibility index (Phi) is 5.67. The van der Waals surface area contributed by atoms with Crippen LogP contribution in [-0.2, 0) is 4.79 Å². The SMILES string of the molecule is CSc1ccc(NC(=O)C2CCCN(c3cnc4nc(C)c(C)nc4c3)C2)cc1. The van der Waals surface area contributed by atoms with Crippen LogP contribution < -0.4 is 10.2 Å². The van der Waals surface area contributed by atoms with Crippen molar-refractivity contribution in [2.45, 2.75) is 31.6 Å². The highest BCUT2D eigenvalue weighted by Gasteiger charge is 2.26. The summed E-state index contributed by atoms with van der Waals surface area (Å²) >= 11 is 1.69. The summed E-state index contributed by atoms with van der Waals surface area (Å²) in [6.45, 7) is 5.50. The van der Waals surface area contributed by atoms with E-state index in [1.807, 2.05) is 56.6 Å². The first-order valence-corrected chi connectivity index (χ1v) is 11.1. The van der Waals surface area contributed by atoms with Gasteiger partial charge in [0.25, 0.3) is 0 Å². The summed E-state index contributed by atoms with van der Waals surface area (Å²) in [5, 5.41) is 3.07. The van der Waals surface area contributed by atoms with Crippen LogP contribution in [0.25, 0.3) is 11.2 Å². The molecule has 1 amide bonds. The predicted octanol–water partition coefficient (Wildman–Crippen LogP) is 4.22. The zero-order chi connectivity index (χ0) is 20.4. The molecule has 4 rings (SSSR count). The van der Waals surface area contributed by atoms with Gasteiger partial charge in [-0.05, 0) is 63.3 Å². The predicted molar refractivity (Wildman–Crippen MR) is 119 cm³/mol. The van der Waals surface area contributed by atoms with E-state index in [0.717, 1.165) is 47.7 Å². The molecule has 6 nitrogen and oxygen atoms in total. The number of anilines is 2. The van der Waals surface area contributed by atoms with E-state index in [0.29, 0.717) is 12.2 Å². The molecule has 1 saturated heterocycles. The largest absolute Gasteiger partial charge is 0.369 e. The van der Waals surface area contributed by atoms with Gasteiger partial charge in [0.2, 0.25) is 5.91 Å². The number of hydrogen-bond acceptors (Lipinski definition) is 6. The highest BCUT2D eigenvalue weighted by molar-refractivity contribution is 7.98. The average Bonchev–Trinajstić information content (AvgIpc) is 2.75. The number of rotatable bonds is 4. The topological polar surface area (TPSA) is 71.0 Å². The van der Waals surface area contributed by atoms with Gasteiger partial charge < -0.3 is 10.2 Å². The van der Waals surface area contributed by atoms with E-state index in [4.69, 9.17) is 0 Å². The van der Waals surface area contributed by atoms with Gasteiger partial charge in [-0.15, -0.1) is 11.8 Å². The normalized spacial score (nSPS) is 16.8. The second-order valence-corrected chi connectivity index (χ2v) is 8.31. The zero-order valence-corrected chi connectivity index (χ0v) is 17.8. The van der Waals surface area contributed by atoms with Gasteiger partial charge >= 0.3 is 0 Å². The Morgan fingerprint density at radius 3 is 2.69 bits per heavy atom. The first-order chi connectivity index (χ1) is 14.0. The van der Waals surface area contributed by atoms with Crippen molar-refractivity contribution in [3.8, 4) is 0 Å². The number of carbonyl (C=O) groups is 1. The molecule has 0 bridgehead atoms. The molecule has 0 aliphatic carbocycles. The van der Waals surface area contributed by atoms with E-state index in [1.165, 1.54) is 4.90 Å². The Labute approximate surface area is 175 Å². The fourth-order valence-corrected chi connectivity index (χ4v) is 4.03. The number of piperidine rings is 1. The molecule has 29 heavy (non-hydrogen) atoms. The molecule has 150 valence electrons. The number of pyridine rings is 1. The van der Waals surface area contributed by atoms with Crippen molar-refractivity contribution >= 4 is 40.2 Å². The van der Waals surface area contributed by atoms with Crippen LogP contribution in [0.15, 0.2) is 41.4 Å². The summed E-state index contributed by atoms with van der Waals surface area (Å²) in [5.74, 6) is 0.0251. The number of carbonyl (C=O) groups excluding carboxylic acids is 1. The molecule has 1 aliphatic heterocycles. The summed E-state index contributed by atoms with van der Waals surface area (Å²) in [7, 11) is 0. The van der Waals surface area contributed by atoms with Gasteiger partial charge in [0.15, 0.2) is 5.65 Å². The van der Waals surface area contributed by atoms with E-state index in [9.17, 15) is 4.79 Å². The second kappa shape index (κ2) is 8.37. The van der Waals surface area contributed by atoms with Crippen molar-refractivity contribution in [1.29, 1.82) is 0 Å². The Morgan fingerprint density at radius 1 is 1.17 bits per heavy atom. The third-order valence-corrected chi connectivity index (χ3v) is 6.18. The molecule has 0 radical (unpaired) electrons. The Bertz CT molecular complexity index is 1040. The maximum atomic E-state index is 12.8. The van der Waals surface area contributed by atoms with E-state index in [-0.39, 0.29) is 11.8 Å². The van der Waals surface area contributed by atoms with Gasteiger partial charge in [-0.2, -0.15) is 0 Å². The molecule has 1 N–H and O–H groups in total. The maximum absolute atomic E-state index is 12.8. The monoisotopic (exact) mass is 407 g/mol. The van der Waals surface area contributed by atoms with Gasteiger partial charge in [-0.1, -0.05) is 0 Å². The number of benzene rings is 1. The molecule has 1 aliphatic rings. The van der Waals surface area contributed by atoms with Crippen molar-refractivity contribution in [2.24, 2.45) is 5.92 Å². The van der Waals surface area contributed by atoms with Crippen LogP contribution in [0, 0.1) is 19.8 Å². The number of amides is 1. The van der Waals surface area contributed by atoms with E-state index in [2.05, 4.69) is 25.2 Å². The number of aromatic nitrogens is 3. The van der Waals surface area contributed by atoms with Crippen molar-refractivity contribution in [3.05, 3.63) is 47.9 Å². The number of thioether (sulfide) groups is 1. The minimum absolute atomic E-state index is 0.0505. The summed E-state index contributed by atoms with van der Waals surface area (Å²) in [6, 6.07) is 10.0. The molecule has 0 saturated carbocycles. The molecule has 3 heterocycles. The molecule has 2 aromatic heterocycles. The maximum Gasteiger partial charge on any atom is 0.229 e. The van der Waals surface area contributed by atoms with Crippen molar-refractivity contribution in [1.82, 2.24) is 15.0 Å². The third-order valence-electron chi connectivity index (χ3n) is 5.43. The van der Waals surface area contributed by atoms with Crippen LogP contribution in [-0.4, -0.2) is 40.2 Å². The lowest BCUT2D eigenvalue weighted by atomic mass is 9.96. The Balaban J connectivity index is 1.48. The van der Waals surface area contributed by atoms with Crippen LogP contribution in [0.2, 0.25) is 0 Å². The lowest BCUT2D eigenvalue weighted by Gasteiger charge is -2.33. The quantitative estimate of drug-likeness (QED) is 0.653. The number of aryl methyl sites for hydroxylation is 2. The van der Waals surface area contributed by atoms with E-state index < -0.39 is 0 Å². The Morgan fingerprint density at radius 2 is 1.93 bits per heavy atom. The zero-order valence-electron chi connectivity index (χ0n) is 17.0. The molecule has 3 aromatic rings. The first-order valence-electron chi connectivity index (χ1n) is 9.84. The van der Waals surface area contributed by atoms with Crippen LogP contribution in [0.1, 0.15) is 24.2 Å². The minimum Gasteiger partial charge on any atom is -0.369 e. The van der Waals surface area contributed by atoms with Crippen molar-refractivity contribution in [2.75, 3.05) is 29.6 Å². The van der Waals surface area contributed by atoms with Gasteiger partial charge in [0, 0.05) is 23.7 Å². The minimum atomic E-state index is -0.0505. The number of nitrogens with one attached hydrogen (secondary N) is 1. The van der Waals surface area contributed by atoms with Gasteiger partial charge in [0.05, 0.1) is 29.2 Å². The van der Waals surface area contributed by atoms with Crippen molar-refractivity contribution < 1.29 is 4.79 Å². The summed E-state index contributed by atoms with van der Waals surface area (Å²) in [6.07, 6.45) is 5.75. The number of hydrogen-bond donors (Lipinski definition) is 1. The number of nitrogens with zero attached hydrogens (tertiary/aromatic N) is 4. The van der Waals surface area contributed by atoms with Gasteiger partial charge in [-0.3, -0.25) is 4.79 Å². The summed E-state index contributed by atoms with van der Waals surface area (Å²) in [4.78, 5) is 29.8. The first kappa shape index (κ1) is 19.6. The lowest BCUT2D eigenvalue weighted by Crippen LogP contribution is -2.40. The van der Waals surface area contributed by atoms with Gasteiger partial charge in [0.1, 0.15) is 5.52 Å². The summed E-state index contributed by atoms with van der Waals surface area (Å²) < 4.78 is 0. The molecule has 1 atom stereocenters. The molecule has 7 heteroatoms. The number of fused-ring (bicyclic) bond motifs is 1. The van der Waals surface area contributed by atoms with E-state index >= 15 is 0 Å². The highest BCUT2D eigenvalue weighted by atomic mass is 32.2. The smallest absolute Gasteiger partial charge is 0.229 e. The second-order valence-electron chi connectivity index (χ2n) is 7.43. The molecular formula is C22H25N5OS. The third kappa shape index (κ3) is 4.34.